The molecule has 0 saturated carbocycles. The van der Waals surface area contributed by atoms with E-state index in [0.29, 0.717) is 28.6 Å². The molecule has 0 heterocycles. The van der Waals surface area contributed by atoms with Crippen molar-refractivity contribution in [3.8, 4) is 5.75 Å². The summed E-state index contributed by atoms with van der Waals surface area (Å²) in [5.74, 6) is 0.630. The van der Waals surface area contributed by atoms with Gasteiger partial charge in [-0.25, -0.2) is 8.42 Å². The second-order valence-electron chi connectivity index (χ2n) is 5.24. The summed E-state index contributed by atoms with van der Waals surface area (Å²) in [5, 5.41) is 9.77. The highest BCUT2D eigenvalue weighted by molar-refractivity contribution is 7.92. The molecule has 0 unspecified atom stereocenters. The Morgan fingerprint density at radius 1 is 1.17 bits per heavy atom. The maximum absolute atomic E-state index is 12.5. The molecule has 0 spiro atoms. The highest BCUT2D eigenvalue weighted by Crippen LogP contribution is 2.24. The van der Waals surface area contributed by atoms with Gasteiger partial charge in [-0.3, -0.25) is 4.72 Å². The molecule has 0 bridgehead atoms. The number of nitrogens with one attached hydrogen (secondary N) is 1. The Morgan fingerprint density at radius 2 is 1.88 bits per heavy atom. The van der Waals surface area contributed by atoms with Crippen LogP contribution in [0.1, 0.15) is 25.3 Å². The van der Waals surface area contributed by atoms with E-state index in [1.807, 2.05) is 0 Å². The fourth-order valence-electron chi connectivity index (χ4n) is 2.05. The van der Waals surface area contributed by atoms with E-state index in [-0.39, 0.29) is 11.5 Å². The van der Waals surface area contributed by atoms with Crippen molar-refractivity contribution >= 4 is 27.3 Å². The molecule has 130 valence electrons. The number of aliphatic hydroxyl groups excluding tert-OH is 1. The zero-order valence-electron chi connectivity index (χ0n) is 13.3. The number of hydrogen-bond acceptors (Lipinski definition) is 4. The van der Waals surface area contributed by atoms with Crippen molar-refractivity contribution in [2.24, 2.45) is 0 Å². The lowest BCUT2D eigenvalue weighted by Crippen LogP contribution is -2.14. The molecule has 2 rings (SSSR count). The number of halogens is 1. The summed E-state index contributed by atoms with van der Waals surface area (Å²) >= 11 is 5.85. The average molecular weight is 370 g/mol. The van der Waals surface area contributed by atoms with Crippen molar-refractivity contribution in [2.75, 3.05) is 11.3 Å². The predicted octanol–water partition coefficient (Wildman–Crippen LogP) is 3.81. The smallest absolute Gasteiger partial charge is 0.261 e. The lowest BCUT2D eigenvalue weighted by atomic mass is 10.2. The van der Waals surface area contributed by atoms with Gasteiger partial charge in [-0.1, -0.05) is 24.9 Å². The van der Waals surface area contributed by atoms with Crippen LogP contribution in [0.5, 0.6) is 5.75 Å². The van der Waals surface area contributed by atoms with E-state index in [2.05, 4.69) is 11.6 Å². The van der Waals surface area contributed by atoms with Crippen LogP contribution in [0, 0.1) is 0 Å². The number of hydrogen-bond donors (Lipinski definition) is 2. The molecular formula is C17H20ClNO4S. The molecule has 0 saturated heterocycles. The molecule has 0 radical (unpaired) electrons. The van der Waals surface area contributed by atoms with Crippen LogP contribution >= 0.6 is 11.6 Å². The minimum absolute atomic E-state index is 0.115. The van der Waals surface area contributed by atoms with E-state index in [1.54, 1.807) is 18.2 Å². The molecule has 2 N–H and O–H groups in total. The summed E-state index contributed by atoms with van der Waals surface area (Å²) in [4.78, 5) is 0.115. The van der Waals surface area contributed by atoms with E-state index in [1.165, 1.54) is 24.3 Å². The van der Waals surface area contributed by atoms with Gasteiger partial charge in [0.2, 0.25) is 0 Å². The fourth-order valence-corrected chi connectivity index (χ4v) is 3.34. The average Bonchev–Trinajstić information content (AvgIpc) is 2.57. The standard InChI is InChI=1S/C17H20ClNO4S/c1-2-3-10-23-15-5-7-16(8-6-15)24(21,22)19-17-9-4-14(18)11-13(17)12-20/h4-9,11,19-20H,2-3,10,12H2,1H3. The third-order valence-corrected chi connectivity index (χ3v) is 5.00. The molecular weight excluding hydrogens is 350 g/mol. The van der Waals surface area contributed by atoms with Crippen molar-refractivity contribution in [2.45, 2.75) is 31.3 Å². The van der Waals surface area contributed by atoms with Crippen molar-refractivity contribution < 1.29 is 18.3 Å². The summed E-state index contributed by atoms with van der Waals surface area (Å²) in [5.41, 5.74) is 0.704. The molecule has 2 aromatic carbocycles. The molecule has 0 aromatic heterocycles. The van der Waals surface area contributed by atoms with Crippen LogP contribution in [0.3, 0.4) is 0 Å². The second kappa shape index (κ2) is 8.37. The Labute approximate surface area is 147 Å². The molecule has 2 aromatic rings. The maximum Gasteiger partial charge on any atom is 0.261 e. The van der Waals surface area contributed by atoms with Crippen LogP contribution in [0.4, 0.5) is 5.69 Å². The van der Waals surface area contributed by atoms with Gasteiger partial charge in [-0.05, 0) is 48.9 Å². The van der Waals surface area contributed by atoms with Crippen molar-refractivity contribution in [1.29, 1.82) is 0 Å². The Balaban J connectivity index is 2.15. The number of ether oxygens (including phenoxy) is 1. The number of rotatable bonds is 8. The normalized spacial score (nSPS) is 11.3. The number of aliphatic hydroxyl groups is 1. The number of unbranched alkanes of at least 4 members (excludes halogenated alkanes) is 1. The Bertz CT molecular complexity index is 776. The van der Waals surface area contributed by atoms with E-state index >= 15 is 0 Å². The number of anilines is 1. The number of sulfonamides is 1. The summed E-state index contributed by atoms with van der Waals surface area (Å²) < 4.78 is 32.9. The molecule has 0 aliphatic carbocycles. The maximum atomic E-state index is 12.5. The molecule has 0 atom stereocenters. The quantitative estimate of drug-likeness (QED) is 0.694. The minimum atomic E-state index is -3.76. The summed E-state index contributed by atoms with van der Waals surface area (Å²) in [6.45, 7) is 2.36. The van der Waals surface area contributed by atoms with Gasteiger partial charge in [0.25, 0.3) is 10.0 Å². The third-order valence-electron chi connectivity index (χ3n) is 3.38. The minimum Gasteiger partial charge on any atom is -0.494 e. The monoisotopic (exact) mass is 369 g/mol. The van der Waals surface area contributed by atoms with Crippen LogP contribution < -0.4 is 9.46 Å². The fraction of sp³-hybridized carbons (Fsp3) is 0.294. The van der Waals surface area contributed by atoms with Crippen molar-refractivity contribution in [3.63, 3.8) is 0 Å². The molecule has 7 heteroatoms. The zero-order valence-corrected chi connectivity index (χ0v) is 14.9. The van der Waals surface area contributed by atoms with Crippen molar-refractivity contribution in [3.05, 3.63) is 53.1 Å². The Kier molecular flexibility index (Phi) is 6.48. The largest absolute Gasteiger partial charge is 0.494 e. The molecule has 0 aliphatic rings. The number of benzene rings is 2. The predicted molar refractivity (Wildman–Crippen MR) is 95.0 cm³/mol. The van der Waals surface area contributed by atoms with Gasteiger partial charge < -0.3 is 9.84 Å². The Morgan fingerprint density at radius 3 is 2.50 bits per heavy atom. The van der Waals surface area contributed by atoms with Gasteiger partial charge >= 0.3 is 0 Å². The third kappa shape index (κ3) is 4.87. The first-order valence-corrected chi connectivity index (χ1v) is 9.47. The first-order valence-electron chi connectivity index (χ1n) is 7.61. The molecule has 5 nitrogen and oxygen atoms in total. The van der Waals surface area contributed by atoms with Crippen LogP contribution in [0.15, 0.2) is 47.4 Å². The highest BCUT2D eigenvalue weighted by Gasteiger charge is 2.16. The van der Waals surface area contributed by atoms with E-state index in [4.69, 9.17) is 16.3 Å². The summed E-state index contributed by atoms with van der Waals surface area (Å²) in [7, 11) is -3.76. The molecule has 0 aliphatic heterocycles. The van der Waals surface area contributed by atoms with E-state index < -0.39 is 10.0 Å². The van der Waals surface area contributed by atoms with Gasteiger partial charge in [0.15, 0.2) is 0 Å². The van der Waals surface area contributed by atoms with Gasteiger partial charge in [0, 0.05) is 10.6 Å². The van der Waals surface area contributed by atoms with Gasteiger partial charge in [-0.2, -0.15) is 0 Å². The molecule has 24 heavy (non-hydrogen) atoms. The lowest BCUT2D eigenvalue weighted by Gasteiger charge is -2.12. The first-order chi connectivity index (χ1) is 11.5. The Hall–Kier alpha value is -1.76. The van der Waals surface area contributed by atoms with Crippen LogP contribution in [-0.4, -0.2) is 20.1 Å². The zero-order chi connectivity index (χ0) is 17.6. The first kappa shape index (κ1) is 18.6. The van der Waals surface area contributed by atoms with Gasteiger partial charge in [-0.15, -0.1) is 0 Å². The van der Waals surface area contributed by atoms with E-state index in [9.17, 15) is 13.5 Å². The second-order valence-corrected chi connectivity index (χ2v) is 7.36. The van der Waals surface area contributed by atoms with Crippen molar-refractivity contribution in [1.82, 2.24) is 0 Å². The SMILES string of the molecule is CCCCOc1ccc(S(=O)(=O)Nc2ccc(Cl)cc2CO)cc1. The van der Waals surface area contributed by atoms with Gasteiger partial charge in [0.05, 0.1) is 23.8 Å². The van der Waals surface area contributed by atoms with Crippen LogP contribution in [-0.2, 0) is 16.6 Å². The highest BCUT2D eigenvalue weighted by atomic mass is 35.5. The van der Waals surface area contributed by atoms with Crippen LogP contribution in [0.2, 0.25) is 5.02 Å². The van der Waals surface area contributed by atoms with Gasteiger partial charge in [0.1, 0.15) is 5.75 Å². The summed E-state index contributed by atoms with van der Waals surface area (Å²) in [6.07, 6.45) is 1.98. The van der Waals surface area contributed by atoms with Crippen LogP contribution in [0.25, 0.3) is 0 Å². The molecule has 0 amide bonds. The lowest BCUT2D eigenvalue weighted by molar-refractivity contribution is 0.282. The summed E-state index contributed by atoms with van der Waals surface area (Å²) in [6, 6.07) is 10.8. The molecule has 0 fully saturated rings. The van der Waals surface area contributed by atoms with E-state index in [0.717, 1.165) is 12.8 Å². The topological polar surface area (TPSA) is 75.6 Å².